The molecule has 0 bridgehead atoms. The van der Waals surface area contributed by atoms with Gasteiger partial charge in [-0.05, 0) is 0 Å². The van der Waals surface area contributed by atoms with Crippen LogP contribution in [-0.4, -0.2) is 69.0 Å². The third-order valence-corrected chi connectivity index (χ3v) is 3.47. The second-order valence-corrected chi connectivity index (χ2v) is 6.03. The zero-order valence-corrected chi connectivity index (χ0v) is 11.2. The molecule has 0 unspecified atom stereocenters. The number of aliphatic hydroxyl groups is 3. The molecule has 0 saturated carbocycles. The fraction of sp³-hybridized carbons (Fsp3) is 1.00. The molecule has 13 nitrogen and oxygen atoms in total. The monoisotopic (exact) mass is 350 g/mol. The van der Waals surface area contributed by atoms with Crippen LogP contribution >= 0.6 is 0 Å². The topological polar surface area (TPSA) is 222 Å². The zero-order chi connectivity index (χ0) is 15.9. The van der Waals surface area contributed by atoms with E-state index in [-0.39, 0.29) is 13.2 Å². The molecule has 5 N–H and O–H groups in total. The van der Waals surface area contributed by atoms with Crippen LogP contribution < -0.4 is 0 Å². The van der Waals surface area contributed by atoms with Gasteiger partial charge in [-0.1, -0.05) is 7.26 Å². The van der Waals surface area contributed by atoms with Crippen molar-refractivity contribution in [2.45, 2.75) is 6.10 Å². The molecule has 0 radical (unpaired) electrons. The van der Waals surface area contributed by atoms with Gasteiger partial charge >= 0.3 is 31.2 Å². The summed E-state index contributed by atoms with van der Waals surface area (Å²) in [5.74, 6) is 0. The molecule has 0 aliphatic heterocycles. The van der Waals surface area contributed by atoms with Crippen LogP contribution in [0.25, 0.3) is 0 Å². The summed E-state index contributed by atoms with van der Waals surface area (Å²) < 4.78 is 80.2. The maximum atomic E-state index is 10.1. The molecular formula is C3H10O13S3. The summed E-state index contributed by atoms with van der Waals surface area (Å²) in [5.41, 5.74) is 0. The van der Waals surface area contributed by atoms with Gasteiger partial charge < -0.3 is 15.3 Å². The van der Waals surface area contributed by atoms with Gasteiger partial charge in [0.05, 0.1) is 13.2 Å². The SMILES string of the molecule is O=S(=O)(O)OS(=O)(=O)OS(=O)(=O)O.OCC(O)CO. The Morgan fingerprint density at radius 1 is 0.789 bits per heavy atom. The molecule has 0 amide bonds. The van der Waals surface area contributed by atoms with Crippen LogP contribution in [0.2, 0.25) is 0 Å². The predicted molar refractivity (Wildman–Crippen MR) is 54.4 cm³/mol. The summed E-state index contributed by atoms with van der Waals surface area (Å²) in [5, 5.41) is 24.0. The molecule has 0 aromatic heterocycles. The lowest BCUT2D eigenvalue weighted by atomic mass is 10.4. The average Bonchev–Trinajstić information content (AvgIpc) is 2.09. The number of rotatable bonds is 6. The summed E-state index contributed by atoms with van der Waals surface area (Å²) >= 11 is 0. The Balaban J connectivity index is 0. The van der Waals surface area contributed by atoms with Gasteiger partial charge in [-0.25, -0.2) is 0 Å². The Bertz CT molecular complexity index is 494. The van der Waals surface area contributed by atoms with Crippen molar-refractivity contribution in [3.05, 3.63) is 0 Å². The van der Waals surface area contributed by atoms with Gasteiger partial charge in [-0.2, -0.15) is 25.3 Å². The van der Waals surface area contributed by atoms with Gasteiger partial charge in [0.25, 0.3) is 0 Å². The molecule has 0 aliphatic rings. The Morgan fingerprint density at radius 2 is 1.05 bits per heavy atom. The maximum absolute atomic E-state index is 10.1. The van der Waals surface area contributed by atoms with Crippen LogP contribution in [0.1, 0.15) is 0 Å². The zero-order valence-electron chi connectivity index (χ0n) is 8.72. The number of aliphatic hydroxyl groups excluding tert-OH is 3. The molecule has 16 heteroatoms. The van der Waals surface area contributed by atoms with E-state index in [4.69, 9.17) is 24.4 Å². The molecular weight excluding hydrogens is 340 g/mol. The molecule has 0 heterocycles. The van der Waals surface area contributed by atoms with E-state index in [1.807, 2.05) is 0 Å². The van der Waals surface area contributed by atoms with Gasteiger partial charge in [-0.15, -0.1) is 0 Å². The summed E-state index contributed by atoms with van der Waals surface area (Å²) in [6, 6.07) is 0. The highest BCUT2D eigenvalue weighted by molar-refractivity contribution is 8.00. The fourth-order valence-electron chi connectivity index (χ4n) is 0.280. The standard InChI is InChI=1S/C3H8O3.H2O10S3/c4-1-3(6)2-5;1-11(2,3)9-13(7,8)10-12(4,5)6/h3-6H,1-2H2;(H,1,2,3)(H,4,5,6). The second-order valence-electron chi connectivity index (χ2n) is 2.42. The van der Waals surface area contributed by atoms with E-state index < -0.39 is 37.3 Å². The van der Waals surface area contributed by atoms with Crippen molar-refractivity contribution in [1.82, 2.24) is 0 Å². The third kappa shape index (κ3) is 17.6. The van der Waals surface area contributed by atoms with Crippen molar-refractivity contribution in [3.8, 4) is 0 Å². The van der Waals surface area contributed by atoms with Gasteiger partial charge in [-0.3, -0.25) is 9.11 Å². The minimum absolute atomic E-state index is 0.365. The van der Waals surface area contributed by atoms with Gasteiger partial charge in [0, 0.05) is 0 Å². The minimum Gasteiger partial charge on any atom is -0.394 e. The highest BCUT2D eigenvalue weighted by Crippen LogP contribution is 2.03. The molecule has 0 fully saturated rings. The lowest BCUT2D eigenvalue weighted by Gasteiger charge is -1.97. The van der Waals surface area contributed by atoms with Crippen molar-refractivity contribution in [2.24, 2.45) is 0 Å². The lowest BCUT2D eigenvalue weighted by molar-refractivity contribution is 0.0450. The van der Waals surface area contributed by atoms with E-state index in [2.05, 4.69) is 7.26 Å². The van der Waals surface area contributed by atoms with Crippen LogP contribution in [0, 0.1) is 0 Å². The van der Waals surface area contributed by atoms with Crippen molar-refractivity contribution in [3.63, 3.8) is 0 Å². The first-order valence-electron chi connectivity index (χ1n) is 3.74. The van der Waals surface area contributed by atoms with Gasteiger partial charge in [0.1, 0.15) is 6.10 Å². The quantitative estimate of drug-likeness (QED) is 0.290. The maximum Gasteiger partial charge on any atom is 0.432 e. The summed E-state index contributed by atoms with van der Waals surface area (Å²) in [6.45, 7) is -0.729. The van der Waals surface area contributed by atoms with Crippen molar-refractivity contribution < 1.29 is 56.9 Å². The predicted octanol–water partition coefficient (Wildman–Crippen LogP) is -3.80. The second kappa shape index (κ2) is 7.99. The molecule has 19 heavy (non-hydrogen) atoms. The first-order valence-corrected chi connectivity index (χ1v) is 7.80. The number of hydrogen-bond acceptors (Lipinski definition) is 11. The summed E-state index contributed by atoms with van der Waals surface area (Å²) in [7, 11) is -16.5. The van der Waals surface area contributed by atoms with Crippen molar-refractivity contribution in [1.29, 1.82) is 0 Å². The van der Waals surface area contributed by atoms with Crippen LogP contribution in [-0.2, 0) is 38.5 Å². The lowest BCUT2D eigenvalue weighted by Crippen LogP contribution is -2.18. The fourth-order valence-corrected chi connectivity index (χ4v) is 2.26. The van der Waals surface area contributed by atoms with E-state index in [0.29, 0.717) is 0 Å². The Labute approximate surface area is 108 Å². The van der Waals surface area contributed by atoms with Crippen LogP contribution in [0.4, 0.5) is 0 Å². The smallest absolute Gasteiger partial charge is 0.394 e. The molecule has 0 spiro atoms. The largest absolute Gasteiger partial charge is 0.432 e. The summed E-state index contributed by atoms with van der Waals surface area (Å²) in [4.78, 5) is 0. The Kier molecular flexibility index (Phi) is 8.78. The first kappa shape index (κ1) is 20.9. The van der Waals surface area contributed by atoms with Gasteiger partial charge in [0.2, 0.25) is 0 Å². The van der Waals surface area contributed by atoms with Gasteiger partial charge in [0.15, 0.2) is 0 Å². The molecule has 0 aromatic carbocycles. The van der Waals surface area contributed by atoms with E-state index in [1.165, 1.54) is 0 Å². The normalized spacial score (nSPS) is 12.9. The van der Waals surface area contributed by atoms with Crippen LogP contribution in [0.3, 0.4) is 0 Å². The van der Waals surface area contributed by atoms with Crippen molar-refractivity contribution >= 4 is 31.2 Å². The van der Waals surface area contributed by atoms with Crippen molar-refractivity contribution in [2.75, 3.05) is 13.2 Å². The minimum atomic E-state index is -5.57. The van der Waals surface area contributed by atoms with E-state index >= 15 is 0 Å². The average molecular weight is 350 g/mol. The molecule has 0 aromatic rings. The molecule has 0 saturated heterocycles. The molecule has 118 valence electrons. The summed E-state index contributed by atoms with van der Waals surface area (Å²) in [6.07, 6.45) is -0.954. The Hall–Kier alpha value is -0.430. The Morgan fingerprint density at radius 3 is 1.16 bits per heavy atom. The molecule has 0 atom stereocenters. The van der Waals surface area contributed by atoms with Crippen LogP contribution in [0.5, 0.6) is 0 Å². The first-order chi connectivity index (χ1) is 8.22. The van der Waals surface area contributed by atoms with E-state index in [1.54, 1.807) is 0 Å². The highest BCUT2D eigenvalue weighted by Gasteiger charge is 2.27. The third-order valence-electron chi connectivity index (χ3n) is 0.760. The van der Waals surface area contributed by atoms with E-state index in [9.17, 15) is 25.3 Å². The van der Waals surface area contributed by atoms with Crippen LogP contribution in [0.15, 0.2) is 0 Å². The highest BCUT2D eigenvalue weighted by atomic mass is 32.3. The molecule has 0 aliphatic carbocycles. The molecule has 0 rings (SSSR count). The number of hydrogen-bond donors (Lipinski definition) is 5. The van der Waals surface area contributed by atoms with E-state index in [0.717, 1.165) is 0 Å².